The molecule has 2 aliphatic rings. The number of urea groups is 1. The van der Waals surface area contributed by atoms with Crippen molar-refractivity contribution in [3.05, 3.63) is 96.6 Å². The molecule has 5 rings (SSSR count). The fourth-order valence-electron chi connectivity index (χ4n) is 6.02. The fraction of sp³-hybridized carbons (Fsp3) is 0.314. The van der Waals surface area contributed by atoms with Crippen LogP contribution < -0.4 is 10.6 Å². The fourth-order valence-corrected chi connectivity index (χ4v) is 6.02. The minimum Gasteiger partial charge on any atom is -0.445 e. The Morgan fingerprint density at radius 3 is 2.57 bits per heavy atom. The highest BCUT2D eigenvalue weighted by molar-refractivity contribution is 5.92. The second-order valence-corrected chi connectivity index (χ2v) is 11.1. The van der Waals surface area contributed by atoms with Crippen LogP contribution in [-0.4, -0.2) is 88.7 Å². The van der Waals surface area contributed by atoms with E-state index in [-0.39, 0.29) is 64.1 Å². The molecule has 0 radical (unpaired) electrons. The van der Waals surface area contributed by atoms with Crippen LogP contribution in [0.5, 0.6) is 0 Å². The van der Waals surface area contributed by atoms with E-state index in [2.05, 4.69) is 23.1 Å². The van der Waals surface area contributed by atoms with Gasteiger partial charge >= 0.3 is 12.1 Å². The molecule has 0 aromatic heterocycles. The number of hydrogen-bond acceptors (Lipinski definition) is 6. The molecule has 5 amide bonds. The first-order valence-corrected chi connectivity index (χ1v) is 15.3. The minimum atomic E-state index is -0.857. The van der Waals surface area contributed by atoms with Gasteiger partial charge in [-0.1, -0.05) is 91.4 Å². The Kier molecular flexibility index (Phi) is 10.5. The summed E-state index contributed by atoms with van der Waals surface area (Å²) in [6.45, 7) is 4.38. The van der Waals surface area contributed by atoms with Crippen LogP contribution in [-0.2, 0) is 27.4 Å². The first-order chi connectivity index (χ1) is 22.4. The third-order valence-electron chi connectivity index (χ3n) is 8.10. The van der Waals surface area contributed by atoms with E-state index in [0.717, 1.165) is 21.9 Å². The van der Waals surface area contributed by atoms with Crippen molar-refractivity contribution in [3.63, 3.8) is 0 Å². The maximum atomic E-state index is 14.2. The number of piperazine rings is 1. The Hall–Kier alpha value is -5.34. The molecule has 2 N–H and O–H groups in total. The van der Waals surface area contributed by atoms with Crippen molar-refractivity contribution < 1.29 is 23.9 Å². The normalized spacial score (nSPS) is 18.1. The van der Waals surface area contributed by atoms with Gasteiger partial charge in [0.05, 0.1) is 19.6 Å². The van der Waals surface area contributed by atoms with Crippen LogP contribution in [0.15, 0.2) is 85.5 Å². The standard InChI is InChI=1S/C35H38N6O5/c1-3-20-39-25-32(42)40-30(18-11-19-36-35(45)46-21-4-2)33(43)38(23-28-16-10-15-27-14-8-9-17-29(27)28)24-31(40)41(39)34(44)37-22-26-12-6-5-7-13-26/h1,4-10,12-17,30-31H,2,11,18-25H2,(H,36,45)(H,37,44)/t30-,31-/m0/s1. The monoisotopic (exact) mass is 622 g/mol. The van der Waals surface area contributed by atoms with Crippen molar-refractivity contribution in [1.29, 1.82) is 0 Å². The smallest absolute Gasteiger partial charge is 0.407 e. The van der Waals surface area contributed by atoms with Gasteiger partial charge in [-0.25, -0.2) is 14.6 Å². The van der Waals surface area contributed by atoms with Crippen LogP contribution in [0.3, 0.4) is 0 Å². The number of terminal acetylenes is 1. The molecule has 0 spiro atoms. The average Bonchev–Trinajstić information content (AvgIpc) is 3.07. The molecule has 3 aromatic carbocycles. The molecule has 0 unspecified atom stereocenters. The Bertz CT molecular complexity index is 1620. The maximum Gasteiger partial charge on any atom is 0.407 e. The summed E-state index contributed by atoms with van der Waals surface area (Å²) in [4.78, 5) is 56.9. The van der Waals surface area contributed by atoms with Crippen LogP contribution in [0, 0.1) is 12.3 Å². The zero-order valence-electron chi connectivity index (χ0n) is 25.6. The highest BCUT2D eigenvalue weighted by atomic mass is 16.5. The van der Waals surface area contributed by atoms with E-state index < -0.39 is 24.3 Å². The average molecular weight is 623 g/mol. The summed E-state index contributed by atoms with van der Waals surface area (Å²) in [6, 6.07) is 22.1. The van der Waals surface area contributed by atoms with Gasteiger partial charge in [0.1, 0.15) is 18.8 Å². The summed E-state index contributed by atoms with van der Waals surface area (Å²) >= 11 is 0. The van der Waals surface area contributed by atoms with Crippen molar-refractivity contribution in [2.45, 2.75) is 38.1 Å². The topological polar surface area (TPSA) is 115 Å². The lowest BCUT2D eigenvalue weighted by atomic mass is 9.99. The number of hydrogen-bond donors (Lipinski definition) is 2. The van der Waals surface area contributed by atoms with E-state index in [4.69, 9.17) is 11.2 Å². The zero-order chi connectivity index (χ0) is 32.5. The maximum absolute atomic E-state index is 14.2. The first kappa shape index (κ1) is 32.1. The summed E-state index contributed by atoms with van der Waals surface area (Å²) in [5.74, 6) is 2.05. The number of alkyl carbamates (subject to hydrolysis) is 1. The van der Waals surface area contributed by atoms with Gasteiger partial charge in [-0.3, -0.25) is 9.59 Å². The molecular weight excluding hydrogens is 584 g/mol. The number of carbonyl (C=O) groups is 4. The molecule has 2 heterocycles. The van der Waals surface area contributed by atoms with E-state index in [1.54, 1.807) is 9.91 Å². The molecular formula is C35H38N6O5. The third kappa shape index (κ3) is 7.30. The van der Waals surface area contributed by atoms with Gasteiger partial charge in [-0.15, -0.1) is 6.42 Å². The molecule has 0 aliphatic carbocycles. The number of amides is 5. The number of rotatable bonds is 11. The van der Waals surface area contributed by atoms with Gasteiger partial charge in [-0.2, -0.15) is 5.01 Å². The van der Waals surface area contributed by atoms with Crippen LogP contribution >= 0.6 is 0 Å². The third-order valence-corrected chi connectivity index (χ3v) is 8.10. The van der Waals surface area contributed by atoms with E-state index in [1.807, 2.05) is 72.8 Å². The number of benzene rings is 3. The molecule has 2 saturated heterocycles. The SMILES string of the molecule is C#CCN1CC(=O)N2[C@@H](CCCNC(=O)OCC=C)C(=O)N(Cc3cccc4ccccc34)C[C@@H]2N1C(=O)NCc1ccccc1. The number of nitrogens with one attached hydrogen (secondary N) is 2. The molecule has 2 fully saturated rings. The van der Waals surface area contributed by atoms with Crippen molar-refractivity contribution in [2.24, 2.45) is 0 Å². The number of hydrazine groups is 1. The Labute approximate surface area is 268 Å². The van der Waals surface area contributed by atoms with E-state index >= 15 is 0 Å². The lowest BCUT2D eigenvalue weighted by Crippen LogP contribution is -2.76. The number of ether oxygens (including phenoxy) is 1. The highest BCUT2D eigenvalue weighted by Crippen LogP contribution is 2.30. The summed E-state index contributed by atoms with van der Waals surface area (Å²) in [6.07, 6.45) is 6.42. The Balaban J connectivity index is 1.43. The quantitative estimate of drug-likeness (QED) is 0.192. The van der Waals surface area contributed by atoms with Gasteiger partial charge in [0.2, 0.25) is 11.8 Å². The van der Waals surface area contributed by atoms with E-state index in [9.17, 15) is 19.2 Å². The summed E-state index contributed by atoms with van der Waals surface area (Å²) in [5, 5.41) is 10.8. The van der Waals surface area contributed by atoms with Crippen LogP contribution in [0.2, 0.25) is 0 Å². The van der Waals surface area contributed by atoms with Gasteiger partial charge in [0.25, 0.3) is 0 Å². The lowest BCUT2D eigenvalue weighted by molar-refractivity contribution is -0.189. The van der Waals surface area contributed by atoms with E-state index in [1.165, 1.54) is 16.0 Å². The molecule has 238 valence electrons. The van der Waals surface area contributed by atoms with Gasteiger partial charge < -0.3 is 25.2 Å². The van der Waals surface area contributed by atoms with Gasteiger partial charge in [0, 0.05) is 19.6 Å². The van der Waals surface area contributed by atoms with E-state index in [0.29, 0.717) is 6.42 Å². The number of fused-ring (bicyclic) bond motifs is 2. The predicted octanol–water partition coefficient (Wildman–Crippen LogP) is 3.47. The Morgan fingerprint density at radius 1 is 1.02 bits per heavy atom. The first-order valence-electron chi connectivity index (χ1n) is 15.3. The molecule has 0 saturated carbocycles. The highest BCUT2D eigenvalue weighted by Gasteiger charge is 2.51. The molecule has 2 atom stereocenters. The molecule has 46 heavy (non-hydrogen) atoms. The second-order valence-electron chi connectivity index (χ2n) is 11.1. The van der Waals surface area contributed by atoms with Crippen LogP contribution in [0.25, 0.3) is 10.8 Å². The van der Waals surface area contributed by atoms with Crippen LogP contribution in [0.1, 0.15) is 24.0 Å². The number of carbonyl (C=O) groups excluding carboxylic acids is 4. The van der Waals surface area contributed by atoms with Gasteiger partial charge in [-0.05, 0) is 34.7 Å². The molecule has 0 bridgehead atoms. The van der Waals surface area contributed by atoms with Crippen molar-refractivity contribution >= 4 is 34.7 Å². The summed E-state index contributed by atoms with van der Waals surface area (Å²) < 4.78 is 4.98. The molecule has 2 aliphatic heterocycles. The van der Waals surface area contributed by atoms with Gasteiger partial charge in [0.15, 0.2) is 0 Å². The number of nitrogens with zero attached hydrogens (tertiary/aromatic N) is 4. The molecule has 11 nitrogen and oxygen atoms in total. The largest absolute Gasteiger partial charge is 0.445 e. The minimum absolute atomic E-state index is 0.0352. The summed E-state index contributed by atoms with van der Waals surface area (Å²) in [7, 11) is 0. The molecule has 11 heteroatoms. The predicted molar refractivity (Wildman–Crippen MR) is 173 cm³/mol. The summed E-state index contributed by atoms with van der Waals surface area (Å²) in [5.41, 5.74) is 1.87. The van der Waals surface area contributed by atoms with Crippen LogP contribution in [0.4, 0.5) is 9.59 Å². The zero-order valence-corrected chi connectivity index (χ0v) is 25.6. The lowest BCUT2D eigenvalue weighted by Gasteiger charge is -2.55. The van der Waals surface area contributed by atoms with Crippen molar-refractivity contribution in [3.8, 4) is 12.3 Å². The van der Waals surface area contributed by atoms with Crippen molar-refractivity contribution in [2.75, 3.05) is 32.8 Å². The second kappa shape index (κ2) is 15.1. The Morgan fingerprint density at radius 2 is 1.78 bits per heavy atom. The van der Waals surface area contributed by atoms with Crippen molar-refractivity contribution in [1.82, 2.24) is 30.5 Å². The molecule has 3 aromatic rings.